The summed E-state index contributed by atoms with van der Waals surface area (Å²) in [6.45, 7) is 3.82. The van der Waals surface area contributed by atoms with E-state index in [2.05, 4.69) is 17.4 Å². The number of carbonyl (C=O) groups excluding carboxylic acids is 1. The zero-order valence-corrected chi connectivity index (χ0v) is 14.9. The highest BCUT2D eigenvalue weighted by Crippen LogP contribution is 2.32. The minimum absolute atomic E-state index is 0.110. The van der Waals surface area contributed by atoms with Gasteiger partial charge in [0.2, 0.25) is 0 Å². The van der Waals surface area contributed by atoms with E-state index in [9.17, 15) is 14.9 Å². The quantitative estimate of drug-likeness (QED) is 0.628. The Hall–Kier alpha value is -2.93. The normalized spacial score (nSPS) is 15.8. The summed E-state index contributed by atoms with van der Waals surface area (Å²) in [7, 11) is 1.37. The average Bonchev–Trinajstić information content (AvgIpc) is 2.62. The molecule has 2 aromatic carbocycles. The van der Waals surface area contributed by atoms with Crippen molar-refractivity contribution in [1.82, 2.24) is 0 Å². The molecule has 136 valence electrons. The maximum Gasteiger partial charge on any atom is 0.311 e. The summed E-state index contributed by atoms with van der Waals surface area (Å²) in [6.07, 6.45) is 0.961. The Morgan fingerprint density at radius 2 is 2.04 bits per heavy atom. The molecule has 2 aromatic rings. The maximum absolute atomic E-state index is 12.5. The summed E-state index contributed by atoms with van der Waals surface area (Å²) in [5.41, 5.74) is 3.70. The van der Waals surface area contributed by atoms with E-state index in [1.165, 1.54) is 35.3 Å². The van der Waals surface area contributed by atoms with Crippen molar-refractivity contribution in [2.75, 3.05) is 25.5 Å². The van der Waals surface area contributed by atoms with Crippen LogP contribution < -0.4 is 15.0 Å². The lowest BCUT2D eigenvalue weighted by molar-refractivity contribution is -0.907. The number of hydrogen-bond donors (Lipinski definition) is 2. The summed E-state index contributed by atoms with van der Waals surface area (Å²) in [5, 5.41) is 13.9. The Balaban J connectivity index is 1.68. The second-order valence-corrected chi connectivity index (χ2v) is 6.52. The van der Waals surface area contributed by atoms with Crippen LogP contribution in [0.5, 0.6) is 5.75 Å². The van der Waals surface area contributed by atoms with E-state index in [1.54, 1.807) is 6.92 Å². The molecule has 1 unspecified atom stereocenters. The fourth-order valence-corrected chi connectivity index (χ4v) is 3.33. The van der Waals surface area contributed by atoms with Crippen LogP contribution in [0.25, 0.3) is 0 Å². The third-order valence-corrected chi connectivity index (χ3v) is 4.71. The van der Waals surface area contributed by atoms with Gasteiger partial charge in [0, 0.05) is 29.8 Å². The van der Waals surface area contributed by atoms with Gasteiger partial charge in [-0.3, -0.25) is 14.9 Å². The molecule has 0 aromatic heterocycles. The lowest BCUT2D eigenvalue weighted by Gasteiger charge is -2.25. The second-order valence-electron chi connectivity index (χ2n) is 6.52. The van der Waals surface area contributed by atoms with Crippen LogP contribution >= 0.6 is 0 Å². The van der Waals surface area contributed by atoms with E-state index in [-0.39, 0.29) is 17.3 Å². The predicted molar refractivity (Wildman–Crippen MR) is 97.6 cm³/mol. The number of anilines is 1. The van der Waals surface area contributed by atoms with Crippen molar-refractivity contribution >= 4 is 17.3 Å². The van der Waals surface area contributed by atoms with Gasteiger partial charge >= 0.3 is 5.69 Å². The van der Waals surface area contributed by atoms with Crippen LogP contribution in [-0.4, -0.2) is 31.0 Å². The highest BCUT2D eigenvalue weighted by molar-refractivity contribution is 5.92. The zero-order chi connectivity index (χ0) is 18.7. The minimum Gasteiger partial charge on any atom is -0.490 e. The van der Waals surface area contributed by atoms with Crippen LogP contribution in [0.4, 0.5) is 11.4 Å². The smallest absolute Gasteiger partial charge is 0.311 e. The molecule has 0 bridgehead atoms. The highest BCUT2D eigenvalue weighted by atomic mass is 16.6. The molecule has 3 rings (SSSR count). The number of methoxy groups -OCH3 is 1. The van der Waals surface area contributed by atoms with E-state index >= 15 is 0 Å². The Bertz CT molecular complexity index is 851. The molecular formula is C19H22N3O4+. The van der Waals surface area contributed by atoms with Gasteiger partial charge < -0.3 is 15.0 Å². The molecule has 0 spiro atoms. The van der Waals surface area contributed by atoms with E-state index in [0.717, 1.165) is 19.5 Å². The molecule has 1 aliphatic rings. The summed E-state index contributed by atoms with van der Waals surface area (Å²) in [4.78, 5) is 24.2. The zero-order valence-electron chi connectivity index (χ0n) is 14.9. The summed E-state index contributed by atoms with van der Waals surface area (Å²) < 4.78 is 5.07. The van der Waals surface area contributed by atoms with Crippen LogP contribution in [-0.2, 0) is 17.8 Å². The van der Waals surface area contributed by atoms with E-state index in [0.29, 0.717) is 17.8 Å². The van der Waals surface area contributed by atoms with Gasteiger partial charge in [-0.2, -0.15) is 0 Å². The third kappa shape index (κ3) is 3.83. The monoisotopic (exact) mass is 356 g/mol. The SMILES string of the molecule is COc1cc(NC(=O)C[NH+]2CCc3ccccc3C2)c(C)cc1[N+](=O)[O-]. The number of benzene rings is 2. The van der Waals surface area contributed by atoms with Gasteiger partial charge in [0.05, 0.1) is 18.6 Å². The lowest BCUT2D eigenvalue weighted by atomic mass is 10.00. The first-order valence-corrected chi connectivity index (χ1v) is 8.51. The molecule has 26 heavy (non-hydrogen) atoms. The van der Waals surface area contributed by atoms with Gasteiger partial charge in [0.25, 0.3) is 5.91 Å². The number of hydrogen-bond acceptors (Lipinski definition) is 4. The molecule has 1 amide bonds. The number of fused-ring (bicyclic) bond motifs is 1. The van der Waals surface area contributed by atoms with Gasteiger partial charge in [-0.1, -0.05) is 24.3 Å². The van der Waals surface area contributed by atoms with Gasteiger partial charge in [0.15, 0.2) is 12.3 Å². The van der Waals surface area contributed by atoms with Crippen molar-refractivity contribution < 1.29 is 19.4 Å². The third-order valence-electron chi connectivity index (χ3n) is 4.71. The molecule has 0 saturated heterocycles. The van der Waals surface area contributed by atoms with Gasteiger partial charge in [-0.15, -0.1) is 0 Å². The van der Waals surface area contributed by atoms with E-state index in [4.69, 9.17) is 4.74 Å². The van der Waals surface area contributed by atoms with E-state index in [1.807, 2.05) is 12.1 Å². The number of aryl methyl sites for hydroxylation is 1. The van der Waals surface area contributed by atoms with Crippen molar-refractivity contribution in [2.24, 2.45) is 0 Å². The molecule has 0 saturated carbocycles. The number of nitrogens with one attached hydrogen (secondary N) is 2. The molecule has 0 aliphatic carbocycles. The molecule has 7 nitrogen and oxygen atoms in total. The summed E-state index contributed by atoms with van der Waals surface area (Å²) >= 11 is 0. The first-order valence-electron chi connectivity index (χ1n) is 8.51. The van der Waals surface area contributed by atoms with Crippen LogP contribution in [0.15, 0.2) is 36.4 Å². The van der Waals surface area contributed by atoms with Gasteiger partial charge in [-0.25, -0.2) is 0 Å². The minimum atomic E-state index is -0.493. The van der Waals surface area contributed by atoms with Crippen molar-refractivity contribution in [2.45, 2.75) is 19.9 Å². The van der Waals surface area contributed by atoms with Crippen LogP contribution in [0, 0.1) is 17.0 Å². The lowest BCUT2D eigenvalue weighted by Crippen LogP contribution is -3.12. The van der Waals surface area contributed by atoms with Crippen molar-refractivity contribution in [1.29, 1.82) is 0 Å². The van der Waals surface area contributed by atoms with Crippen molar-refractivity contribution in [3.05, 3.63) is 63.2 Å². The predicted octanol–water partition coefficient (Wildman–Crippen LogP) is 1.49. The van der Waals surface area contributed by atoms with Crippen molar-refractivity contribution in [3.63, 3.8) is 0 Å². The number of quaternary nitrogens is 1. The molecule has 1 atom stereocenters. The fraction of sp³-hybridized carbons (Fsp3) is 0.316. The standard InChI is InChI=1S/C19H21N3O4/c1-13-9-17(22(24)25)18(26-2)10-16(13)20-19(23)12-21-8-7-14-5-3-4-6-15(14)11-21/h3-6,9-10H,7-8,11-12H2,1-2H3,(H,20,23)/p+1. The number of carbonyl (C=O) groups is 1. The number of nitro groups is 1. The van der Waals surface area contributed by atoms with Crippen LogP contribution in [0.1, 0.15) is 16.7 Å². The first-order chi connectivity index (χ1) is 12.5. The number of rotatable bonds is 5. The molecule has 0 radical (unpaired) electrons. The topological polar surface area (TPSA) is 85.9 Å². The molecule has 2 N–H and O–H groups in total. The van der Waals surface area contributed by atoms with Gasteiger partial charge in [0.1, 0.15) is 6.54 Å². The average molecular weight is 356 g/mol. The molecule has 1 heterocycles. The summed E-state index contributed by atoms with van der Waals surface area (Å²) in [6, 6.07) is 11.2. The maximum atomic E-state index is 12.5. The number of amides is 1. The molecule has 0 fully saturated rings. The summed E-state index contributed by atoms with van der Waals surface area (Å²) in [5.74, 6) is 0.0218. The Kier molecular flexibility index (Phi) is 5.18. The molecular weight excluding hydrogens is 334 g/mol. The molecule has 7 heteroatoms. The Labute approximate surface area is 151 Å². The Morgan fingerprint density at radius 3 is 2.73 bits per heavy atom. The molecule has 1 aliphatic heterocycles. The van der Waals surface area contributed by atoms with E-state index < -0.39 is 4.92 Å². The first kappa shape index (κ1) is 17.9. The van der Waals surface area contributed by atoms with Crippen LogP contribution in [0.3, 0.4) is 0 Å². The number of ether oxygens (including phenoxy) is 1. The van der Waals surface area contributed by atoms with Crippen LogP contribution in [0.2, 0.25) is 0 Å². The fourth-order valence-electron chi connectivity index (χ4n) is 3.33. The largest absolute Gasteiger partial charge is 0.490 e. The van der Waals surface area contributed by atoms with Gasteiger partial charge in [-0.05, 0) is 18.1 Å². The van der Waals surface area contributed by atoms with Crippen molar-refractivity contribution in [3.8, 4) is 5.75 Å². The number of nitrogens with zero attached hydrogens (tertiary/aromatic N) is 1. The highest BCUT2D eigenvalue weighted by Gasteiger charge is 2.23. The number of nitro benzene ring substituents is 1. The Morgan fingerprint density at radius 1 is 1.31 bits per heavy atom. The second kappa shape index (κ2) is 7.53.